The van der Waals surface area contributed by atoms with E-state index in [2.05, 4.69) is 66.8 Å². The highest BCUT2D eigenvalue weighted by molar-refractivity contribution is 5.31. The fourth-order valence-electron chi connectivity index (χ4n) is 3.53. The van der Waals surface area contributed by atoms with Crippen LogP contribution in [-0.2, 0) is 12.8 Å². The number of nitrogens with one attached hydrogen (secondary N) is 1. The van der Waals surface area contributed by atoms with E-state index in [1.807, 2.05) is 0 Å². The van der Waals surface area contributed by atoms with Crippen LogP contribution in [0.15, 0.2) is 54.6 Å². The van der Waals surface area contributed by atoms with Gasteiger partial charge >= 0.3 is 0 Å². The molecule has 1 aliphatic rings. The highest BCUT2D eigenvalue weighted by atomic mass is 14.9. The minimum atomic E-state index is 0.486. The number of benzene rings is 2. The number of rotatable bonds is 5. The van der Waals surface area contributed by atoms with Gasteiger partial charge in [-0.2, -0.15) is 0 Å². The molecule has 1 aliphatic carbocycles. The lowest BCUT2D eigenvalue weighted by atomic mass is 9.78. The molecule has 0 saturated heterocycles. The van der Waals surface area contributed by atoms with E-state index < -0.39 is 0 Å². The fraction of sp³-hybridized carbons (Fsp3) is 0.400. The SMILES string of the molecule is CCCNC(c1ccccc1)C1CCc2ccccc2C1. The molecule has 2 unspecified atom stereocenters. The van der Waals surface area contributed by atoms with Gasteiger partial charge in [-0.3, -0.25) is 0 Å². The molecule has 1 nitrogen and oxygen atoms in total. The molecule has 0 bridgehead atoms. The highest BCUT2D eigenvalue weighted by Crippen LogP contribution is 2.34. The lowest BCUT2D eigenvalue weighted by molar-refractivity contribution is 0.326. The summed E-state index contributed by atoms with van der Waals surface area (Å²) in [6, 6.07) is 20.4. The van der Waals surface area contributed by atoms with Gasteiger partial charge in [0.05, 0.1) is 0 Å². The van der Waals surface area contributed by atoms with Gasteiger partial charge in [-0.1, -0.05) is 61.5 Å². The van der Waals surface area contributed by atoms with Crippen molar-refractivity contribution in [2.45, 2.75) is 38.6 Å². The predicted octanol–water partition coefficient (Wildman–Crippen LogP) is 4.53. The number of aryl methyl sites for hydroxylation is 1. The minimum Gasteiger partial charge on any atom is -0.310 e. The van der Waals surface area contributed by atoms with E-state index in [9.17, 15) is 0 Å². The molecule has 110 valence electrons. The molecule has 2 aromatic carbocycles. The van der Waals surface area contributed by atoms with E-state index in [0.29, 0.717) is 12.0 Å². The zero-order valence-corrected chi connectivity index (χ0v) is 12.9. The van der Waals surface area contributed by atoms with E-state index in [1.54, 1.807) is 11.1 Å². The molecule has 0 spiro atoms. The van der Waals surface area contributed by atoms with Gasteiger partial charge in [-0.15, -0.1) is 0 Å². The first kappa shape index (κ1) is 14.3. The molecule has 0 saturated carbocycles. The molecule has 21 heavy (non-hydrogen) atoms. The van der Waals surface area contributed by atoms with Gasteiger partial charge in [-0.05, 0) is 54.8 Å². The first-order chi connectivity index (χ1) is 10.4. The van der Waals surface area contributed by atoms with Crippen molar-refractivity contribution in [1.82, 2.24) is 5.32 Å². The van der Waals surface area contributed by atoms with Crippen molar-refractivity contribution >= 4 is 0 Å². The molecular weight excluding hydrogens is 254 g/mol. The summed E-state index contributed by atoms with van der Waals surface area (Å²) in [5, 5.41) is 3.79. The van der Waals surface area contributed by atoms with E-state index in [1.165, 1.54) is 31.2 Å². The molecule has 1 N–H and O–H groups in total. The van der Waals surface area contributed by atoms with Gasteiger partial charge in [-0.25, -0.2) is 0 Å². The quantitative estimate of drug-likeness (QED) is 0.847. The molecule has 2 aromatic rings. The van der Waals surface area contributed by atoms with Crippen LogP contribution in [0.25, 0.3) is 0 Å². The third-order valence-electron chi connectivity index (χ3n) is 4.63. The van der Waals surface area contributed by atoms with E-state index >= 15 is 0 Å². The van der Waals surface area contributed by atoms with Gasteiger partial charge in [0.25, 0.3) is 0 Å². The Morgan fingerprint density at radius 3 is 2.48 bits per heavy atom. The van der Waals surface area contributed by atoms with E-state index in [0.717, 1.165) is 6.54 Å². The molecule has 0 amide bonds. The third-order valence-corrected chi connectivity index (χ3v) is 4.63. The average molecular weight is 279 g/mol. The van der Waals surface area contributed by atoms with Gasteiger partial charge < -0.3 is 5.32 Å². The molecular formula is C20H25N. The normalized spacial score (nSPS) is 19.0. The molecule has 0 heterocycles. The van der Waals surface area contributed by atoms with Crippen LogP contribution in [-0.4, -0.2) is 6.54 Å². The first-order valence-corrected chi connectivity index (χ1v) is 8.23. The molecule has 2 atom stereocenters. The van der Waals surface area contributed by atoms with Crippen LogP contribution in [0.1, 0.15) is 42.5 Å². The Kier molecular flexibility index (Phi) is 4.72. The largest absolute Gasteiger partial charge is 0.310 e. The van der Waals surface area contributed by atoms with Gasteiger partial charge in [0.1, 0.15) is 0 Å². The van der Waals surface area contributed by atoms with Crippen LogP contribution < -0.4 is 5.32 Å². The first-order valence-electron chi connectivity index (χ1n) is 8.23. The summed E-state index contributed by atoms with van der Waals surface area (Å²) in [6.07, 6.45) is 4.89. The van der Waals surface area contributed by atoms with Crippen LogP contribution in [0.3, 0.4) is 0 Å². The van der Waals surface area contributed by atoms with E-state index in [-0.39, 0.29) is 0 Å². The Hall–Kier alpha value is -1.60. The summed E-state index contributed by atoms with van der Waals surface area (Å²) < 4.78 is 0. The smallest absolute Gasteiger partial charge is 0.0351 e. The van der Waals surface area contributed by atoms with Gasteiger partial charge in [0, 0.05) is 6.04 Å². The second kappa shape index (κ2) is 6.91. The zero-order valence-electron chi connectivity index (χ0n) is 12.9. The lowest BCUT2D eigenvalue weighted by Crippen LogP contribution is -2.32. The molecule has 3 rings (SSSR count). The fourth-order valence-corrected chi connectivity index (χ4v) is 3.53. The summed E-state index contributed by atoms with van der Waals surface area (Å²) in [7, 11) is 0. The number of hydrogen-bond acceptors (Lipinski definition) is 1. The summed E-state index contributed by atoms with van der Waals surface area (Å²) in [6.45, 7) is 3.34. The van der Waals surface area contributed by atoms with Crippen LogP contribution in [0.5, 0.6) is 0 Å². The van der Waals surface area contributed by atoms with Crippen molar-refractivity contribution in [3.63, 3.8) is 0 Å². The monoisotopic (exact) mass is 279 g/mol. The van der Waals surface area contributed by atoms with Crippen LogP contribution in [0.2, 0.25) is 0 Å². The summed E-state index contributed by atoms with van der Waals surface area (Å²) in [5.41, 5.74) is 4.54. The standard InChI is InChI=1S/C20H25N/c1-2-14-21-20(17-9-4-3-5-10-17)19-13-12-16-8-6-7-11-18(16)15-19/h3-11,19-21H,2,12-15H2,1H3. The molecule has 0 fully saturated rings. The summed E-state index contributed by atoms with van der Waals surface area (Å²) in [4.78, 5) is 0. The maximum absolute atomic E-state index is 3.79. The van der Waals surface area contributed by atoms with Crippen molar-refractivity contribution < 1.29 is 0 Å². The Morgan fingerprint density at radius 2 is 1.71 bits per heavy atom. The Labute approximate surface area is 128 Å². The van der Waals surface area contributed by atoms with Crippen molar-refractivity contribution in [2.24, 2.45) is 5.92 Å². The zero-order chi connectivity index (χ0) is 14.5. The predicted molar refractivity (Wildman–Crippen MR) is 89.4 cm³/mol. The summed E-state index contributed by atoms with van der Waals surface area (Å²) in [5.74, 6) is 0.703. The summed E-state index contributed by atoms with van der Waals surface area (Å²) >= 11 is 0. The maximum atomic E-state index is 3.79. The van der Waals surface area contributed by atoms with E-state index in [4.69, 9.17) is 0 Å². The van der Waals surface area contributed by atoms with Crippen LogP contribution >= 0.6 is 0 Å². The van der Waals surface area contributed by atoms with Crippen molar-refractivity contribution in [1.29, 1.82) is 0 Å². The molecule has 0 aliphatic heterocycles. The average Bonchev–Trinajstić information content (AvgIpc) is 2.56. The number of fused-ring (bicyclic) bond motifs is 1. The minimum absolute atomic E-state index is 0.486. The van der Waals surface area contributed by atoms with Gasteiger partial charge in [0.2, 0.25) is 0 Å². The Morgan fingerprint density at radius 1 is 1.00 bits per heavy atom. The third kappa shape index (κ3) is 3.36. The highest BCUT2D eigenvalue weighted by Gasteiger charge is 2.26. The number of hydrogen-bond donors (Lipinski definition) is 1. The lowest BCUT2D eigenvalue weighted by Gasteiger charge is -2.32. The van der Waals surface area contributed by atoms with Crippen molar-refractivity contribution in [3.8, 4) is 0 Å². The Bertz CT molecular complexity index is 561. The van der Waals surface area contributed by atoms with Crippen molar-refractivity contribution in [3.05, 3.63) is 71.3 Å². The molecule has 1 heteroatoms. The van der Waals surface area contributed by atoms with Crippen LogP contribution in [0, 0.1) is 5.92 Å². The van der Waals surface area contributed by atoms with Gasteiger partial charge in [0.15, 0.2) is 0 Å². The second-order valence-electron chi connectivity index (χ2n) is 6.11. The molecule has 0 radical (unpaired) electrons. The molecule has 0 aromatic heterocycles. The maximum Gasteiger partial charge on any atom is 0.0351 e. The Balaban J connectivity index is 1.81. The van der Waals surface area contributed by atoms with Crippen LogP contribution in [0.4, 0.5) is 0 Å². The topological polar surface area (TPSA) is 12.0 Å². The second-order valence-corrected chi connectivity index (χ2v) is 6.11. The van der Waals surface area contributed by atoms with Crippen molar-refractivity contribution in [2.75, 3.05) is 6.54 Å².